The largest absolute Gasteiger partial charge is 0.375 e. The lowest BCUT2D eigenvalue weighted by molar-refractivity contribution is 0.0343. The summed E-state index contributed by atoms with van der Waals surface area (Å²) >= 11 is 8.45. The van der Waals surface area contributed by atoms with Gasteiger partial charge in [-0.3, -0.25) is 4.57 Å². The van der Waals surface area contributed by atoms with Crippen molar-refractivity contribution in [1.29, 1.82) is 0 Å². The predicted molar refractivity (Wildman–Crippen MR) is 86.9 cm³/mol. The fourth-order valence-corrected chi connectivity index (χ4v) is 4.16. The highest BCUT2D eigenvalue weighted by Gasteiger charge is 2.26. The van der Waals surface area contributed by atoms with E-state index in [0.717, 1.165) is 33.4 Å². The molecule has 0 aromatic carbocycles. The molecule has 0 N–H and O–H groups in total. The smallest absolute Gasteiger partial charge is 0.187 e. The number of hydrogen-bond acceptors (Lipinski definition) is 5. The van der Waals surface area contributed by atoms with Crippen LogP contribution in [-0.2, 0) is 4.74 Å². The Labute approximate surface area is 138 Å². The summed E-state index contributed by atoms with van der Waals surface area (Å²) in [5.41, 5.74) is 0. The molecule has 1 fully saturated rings. The number of thiazole rings is 1. The van der Waals surface area contributed by atoms with Gasteiger partial charge in [0.2, 0.25) is 0 Å². The molecular formula is C12H14Br2N4OS. The third-order valence-corrected chi connectivity index (χ3v) is 5.02. The first-order chi connectivity index (χ1) is 9.54. The molecule has 0 bridgehead atoms. The van der Waals surface area contributed by atoms with E-state index in [9.17, 15) is 0 Å². The van der Waals surface area contributed by atoms with Crippen LogP contribution in [0.4, 0.5) is 5.13 Å². The van der Waals surface area contributed by atoms with Gasteiger partial charge in [-0.2, -0.15) is 0 Å². The summed E-state index contributed by atoms with van der Waals surface area (Å²) in [5.74, 6) is 0.876. The molecule has 1 aliphatic heterocycles. The molecule has 2 atom stereocenters. The zero-order valence-corrected chi connectivity index (χ0v) is 15.1. The Kier molecular flexibility index (Phi) is 4.16. The molecule has 0 spiro atoms. The standard InChI is InChI=1S/C12H14Br2N4OS/c1-7-5-19-8(2)3-17(7)12-16-10(6-20-12)18-4-9(13)15-11(18)14/h4,6-8H,3,5H2,1-2H3. The topological polar surface area (TPSA) is 43.2 Å². The lowest BCUT2D eigenvalue weighted by atomic mass is 10.2. The lowest BCUT2D eigenvalue weighted by Crippen LogP contribution is -2.47. The van der Waals surface area contributed by atoms with E-state index in [2.05, 4.69) is 55.6 Å². The van der Waals surface area contributed by atoms with E-state index in [1.165, 1.54) is 0 Å². The van der Waals surface area contributed by atoms with Crippen LogP contribution in [0.1, 0.15) is 13.8 Å². The number of hydrogen-bond donors (Lipinski definition) is 0. The third kappa shape index (κ3) is 2.79. The van der Waals surface area contributed by atoms with Crippen molar-refractivity contribution in [3.05, 3.63) is 20.9 Å². The number of aromatic nitrogens is 3. The van der Waals surface area contributed by atoms with E-state index in [0.29, 0.717) is 6.04 Å². The number of anilines is 1. The molecule has 108 valence electrons. The van der Waals surface area contributed by atoms with Gasteiger partial charge in [0, 0.05) is 18.1 Å². The predicted octanol–water partition coefficient (Wildman–Crippen LogP) is 3.47. The molecular weight excluding hydrogens is 408 g/mol. The second kappa shape index (κ2) is 5.75. The molecule has 3 rings (SSSR count). The van der Waals surface area contributed by atoms with Crippen LogP contribution in [-0.4, -0.2) is 39.8 Å². The van der Waals surface area contributed by atoms with Gasteiger partial charge in [-0.05, 0) is 45.7 Å². The van der Waals surface area contributed by atoms with E-state index < -0.39 is 0 Å². The number of rotatable bonds is 2. The number of morpholine rings is 1. The SMILES string of the molecule is CC1CN(c2nc(-n3cc(Br)nc3Br)cs2)C(C)CO1. The Bertz CT molecular complexity index is 614. The molecule has 0 amide bonds. The van der Waals surface area contributed by atoms with Gasteiger partial charge in [0.15, 0.2) is 15.7 Å². The summed E-state index contributed by atoms with van der Waals surface area (Å²) in [6, 6.07) is 0.350. The van der Waals surface area contributed by atoms with Gasteiger partial charge in [0.05, 0.1) is 18.8 Å². The lowest BCUT2D eigenvalue weighted by Gasteiger charge is -2.36. The van der Waals surface area contributed by atoms with E-state index >= 15 is 0 Å². The van der Waals surface area contributed by atoms with Crippen LogP contribution in [0.2, 0.25) is 0 Å². The van der Waals surface area contributed by atoms with Gasteiger partial charge in [-0.1, -0.05) is 0 Å². The van der Waals surface area contributed by atoms with Crippen LogP contribution in [0.5, 0.6) is 0 Å². The molecule has 0 saturated carbocycles. The van der Waals surface area contributed by atoms with Crippen molar-refractivity contribution in [1.82, 2.24) is 14.5 Å². The number of imidazole rings is 1. The Morgan fingerprint density at radius 3 is 2.85 bits per heavy atom. The minimum atomic E-state index is 0.243. The van der Waals surface area contributed by atoms with Crippen LogP contribution < -0.4 is 4.90 Å². The van der Waals surface area contributed by atoms with Crippen LogP contribution in [0.3, 0.4) is 0 Å². The van der Waals surface area contributed by atoms with Gasteiger partial charge >= 0.3 is 0 Å². The van der Waals surface area contributed by atoms with Gasteiger partial charge in [-0.25, -0.2) is 9.97 Å². The molecule has 1 saturated heterocycles. The average molecular weight is 422 g/mol. The molecule has 3 heterocycles. The second-order valence-corrected chi connectivity index (χ2v) is 7.19. The summed E-state index contributed by atoms with van der Waals surface area (Å²) in [7, 11) is 0. The molecule has 0 radical (unpaired) electrons. The van der Waals surface area contributed by atoms with Crippen molar-refractivity contribution in [3.8, 4) is 5.82 Å². The van der Waals surface area contributed by atoms with Gasteiger partial charge in [0.25, 0.3) is 0 Å². The average Bonchev–Trinajstić information content (AvgIpc) is 2.99. The first kappa shape index (κ1) is 14.5. The maximum atomic E-state index is 5.66. The Hall–Kier alpha value is -0.440. The summed E-state index contributed by atoms with van der Waals surface area (Å²) in [6.07, 6.45) is 2.14. The number of nitrogens with zero attached hydrogens (tertiary/aromatic N) is 4. The number of halogens is 2. The maximum Gasteiger partial charge on any atom is 0.187 e. The molecule has 0 aliphatic carbocycles. The summed E-state index contributed by atoms with van der Waals surface area (Å²) < 4.78 is 9.10. The first-order valence-corrected chi connectivity index (χ1v) is 8.75. The highest BCUT2D eigenvalue weighted by molar-refractivity contribution is 9.11. The van der Waals surface area contributed by atoms with Crippen molar-refractivity contribution in [2.45, 2.75) is 26.0 Å². The molecule has 2 unspecified atom stereocenters. The zero-order valence-electron chi connectivity index (χ0n) is 11.1. The summed E-state index contributed by atoms with van der Waals surface area (Å²) in [4.78, 5) is 11.3. The van der Waals surface area contributed by atoms with E-state index in [1.807, 2.05) is 16.1 Å². The Morgan fingerprint density at radius 2 is 2.15 bits per heavy atom. The molecule has 2 aromatic heterocycles. The van der Waals surface area contributed by atoms with Crippen molar-refractivity contribution >= 4 is 48.3 Å². The van der Waals surface area contributed by atoms with Crippen LogP contribution in [0, 0.1) is 0 Å². The molecule has 1 aliphatic rings. The fourth-order valence-electron chi connectivity index (χ4n) is 2.16. The quantitative estimate of drug-likeness (QED) is 0.744. The van der Waals surface area contributed by atoms with Gasteiger partial charge in [-0.15, -0.1) is 11.3 Å². The van der Waals surface area contributed by atoms with Crippen molar-refractivity contribution in [3.63, 3.8) is 0 Å². The van der Waals surface area contributed by atoms with Crippen molar-refractivity contribution in [2.75, 3.05) is 18.1 Å². The second-order valence-electron chi connectivity index (χ2n) is 4.84. The van der Waals surface area contributed by atoms with E-state index in [-0.39, 0.29) is 6.10 Å². The van der Waals surface area contributed by atoms with Crippen LogP contribution >= 0.6 is 43.2 Å². The fraction of sp³-hybridized carbons (Fsp3) is 0.500. The number of ether oxygens (including phenoxy) is 1. The molecule has 20 heavy (non-hydrogen) atoms. The van der Waals surface area contributed by atoms with Crippen LogP contribution in [0.25, 0.3) is 5.82 Å². The normalized spacial score (nSPS) is 23.3. The van der Waals surface area contributed by atoms with Crippen molar-refractivity contribution in [2.24, 2.45) is 0 Å². The summed E-state index contributed by atoms with van der Waals surface area (Å²) in [5, 5.41) is 3.07. The van der Waals surface area contributed by atoms with Gasteiger partial charge < -0.3 is 9.64 Å². The maximum absolute atomic E-state index is 5.66. The van der Waals surface area contributed by atoms with E-state index in [4.69, 9.17) is 9.72 Å². The van der Waals surface area contributed by atoms with Gasteiger partial charge in [0.1, 0.15) is 4.60 Å². The third-order valence-electron chi connectivity index (χ3n) is 3.21. The monoisotopic (exact) mass is 420 g/mol. The van der Waals surface area contributed by atoms with Crippen LogP contribution in [0.15, 0.2) is 20.9 Å². The minimum absolute atomic E-state index is 0.243. The first-order valence-electron chi connectivity index (χ1n) is 6.29. The minimum Gasteiger partial charge on any atom is -0.375 e. The highest BCUT2D eigenvalue weighted by atomic mass is 79.9. The highest BCUT2D eigenvalue weighted by Crippen LogP contribution is 2.29. The molecule has 5 nitrogen and oxygen atoms in total. The molecule has 8 heteroatoms. The Balaban J connectivity index is 1.88. The van der Waals surface area contributed by atoms with Crippen molar-refractivity contribution < 1.29 is 4.74 Å². The Morgan fingerprint density at radius 1 is 1.35 bits per heavy atom. The molecule has 2 aromatic rings. The van der Waals surface area contributed by atoms with E-state index in [1.54, 1.807) is 11.3 Å². The zero-order chi connectivity index (χ0) is 14.3. The summed E-state index contributed by atoms with van der Waals surface area (Å²) in [6.45, 7) is 5.88.